The Morgan fingerprint density at radius 1 is 1.19 bits per heavy atom. The molecule has 4 rings (SSSR count). The van der Waals surface area contributed by atoms with E-state index >= 15 is 0 Å². The minimum atomic E-state index is -4.31. The Hall–Kier alpha value is -2.72. The van der Waals surface area contributed by atoms with Crippen molar-refractivity contribution in [2.45, 2.75) is 16.7 Å². The normalized spacial score (nSPS) is 15.6. The average Bonchev–Trinajstić information content (AvgIpc) is 3.21. The summed E-state index contributed by atoms with van der Waals surface area (Å²) in [5.74, 6) is 0. The quantitative estimate of drug-likeness (QED) is 0.563. The van der Waals surface area contributed by atoms with Crippen molar-refractivity contribution in [3.63, 3.8) is 0 Å². The summed E-state index contributed by atoms with van der Waals surface area (Å²) < 4.78 is 32.8. The number of benzene rings is 2. The van der Waals surface area contributed by atoms with Gasteiger partial charge in [-0.25, -0.2) is 4.68 Å². The number of nitrogens with zero attached hydrogens (tertiary/aromatic N) is 2. The van der Waals surface area contributed by atoms with Gasteiger partial charge in [-0.2, -0.15) is 8.42 Å². The lowest BCUT2D eigenvalue weighted by atomic mass is 10.3. The highest BCUT2D eigenvalue weighted by atomic mass is 35.5. The van der Waals surface area contributed by atoms with Gasteiger partial charge in [-0.1, -0.05) is 29.9 Å². The number of hydrogen-bond acceptors (Lipinski definition) is 5. The van der Waals surface area contributed by atoms with Crippen LogP contribution in [0.3, 0.4) is 0 Å². The molecule has 0 radical (unpaired) electrons. The number of aromatic nitrogens is 2. The second kappa shape index (κ2) is 8.08. The van der Waals surface area contributed by atoms with Crippen LogP contribution in [0.2, 0.25) is 5.02 Å². The molecular weight excluding hydrogens is 458 g/mol. The van der Waals surface area contributed by atoms with E-state index in [0.717, 1.165) is 22.2 Å². The predicted octanol–water partition coefficient (Wildman–Crippen LogP) is 2.73. The number of nitrogens with one attached hydrogen (secondary N) is 1. The predicted molar refractivity (Wildman–Crippen MR) is 124 cm³/mol. The number of halogens is 1. The highest BCUT2D eigenvalue weighted by molar-refractivity contribution is 8.03. The number of thioether (sulfide) groups is 1. The first-order chi connectivity index (χ1) is 14.7. The van der Waals surface area contributed by atoms with Crippen LogP contribution < -0.4 is 21.0 Å². The molecule has 0 bridgehead atoms. The van der Waals surface area contributed by atoms with Gasteiger partial charge in [0.25, 0.3) is 15.7 Å². The fraction of sp³-hybridized carbons (Fsp3) is 0.0952. The minimum Gasteiger partial charge on any atom is -0.335 e. The largest absolute Gasteiger partial charge is 0.335 e. The Bertz CT molecular complexity index is 1470. The topological polar surface area (TPSA) is 95.4 Å². The molecule has 0 atom stereocenters. The number of aromatic amines is 1. The number of hydrogen-bond donors (Lipinski definition) is 2. The summed E-state index contributed by atoms with van der Waals surface area (Å²) in [4.78, 5) is 15.9. The maximum atomic E-state index is 12.9. The Balaban J connectivity index is 1.73. The van der Waals surface area contributed by atoms with Crippen LogP contribution in [-0.2, 0) is 10.1 Å². The SMILES string of the molecule is C=c1[nH]n(-c2ccc(S(=O)(=O)O)cc2)c(=O)/c1=C\C=C1/Sc2ccc(Cl)cc2N1CC. The maximum absolute atomic E-state index is 12.9. The molecule has 0 unspecified atom stereocenters. The summed E-state index contributed by atoms with van der Waals surface area (Å²) in [5.41, 5.74) is 1.12. The first kappa shape index (κ1) is 21.5. The van der Waals surface area contributed by atoms with Gasteiger partial charge in [0.15, 0.2) is 0 Å². The molecule has 2 N–H and O–H groups in total. The monoisotopic (exact) mass is 475 g/mol. The molecule has 31 heavy (non-hydrogen) atoms. The van der Waals surface area contributed by atoms with Gasteiger partial charge in [0.05, 0.1) is 31.9 Å². The fourth-order valence-corrected chi connectivity index (χ4v) is 5.05. The van der Waals surface area contributed by atoms with Gasteiger partial charge in [-0.15, -0.1) is 0 Å². The molecule has 0 saturated carbocycles. The second-order valence-electron chi connectivity index (χ2n) is 6.74. The van der Waals surface area contributed by atoms with Gasteiger partial charge in [-0.3, -0.25) is 14.4 Å². The lowest BCUT2D eigenvalue weighted by Crippen LogP contribution is -2.33. The van der Waals surface area contributed by atoms with Crippen LogP contribution >= 0.6 is 23.4 Å². The maximum Gasteiger partial charge on any atom is 0.294 e. The minimum absolute atomic E-state index is 0.250. The molecule has 160 valence electrons. The van der Waals surface area contributed by atoms with Crippen molar-refractivity contribution in [3.05, 3.63) is 79.5 Å². The molecule has 2 aromatic carbocycles. The van der Waals surface area contributed by atoms with Crippen LogP contribution in [-0.4, -0.2) is 29.3 Å². The number of allylic oxidation sites excluding steroid dienone is 1. The Labute approximate surface area is 187 Å². The molecule has 10 heteroatoms. The van der Waals surface area contributed by atoms with Crippen LogP contribution in [0.4, 0.5) is 5.69 Å². The molecule has 1 aliphatic heterocycles. The van der Waals surface area contributed by atoms with Crippen molar-refractivity contribution in [1.29, 1.82) is 0 Å². The zero-order valence-electron chi connectivity index (χ0n) is 16.4. The Morgan fingerprint density at radius 2 is 1.90 bits per heavy atom. The van der Waals surface area contributed by atoms with E-state index in [4.69, 9.17) is 16.2 Å². The summed E-state index contributed by atoms with van der Waals surface area (Å²) in [7, 11) is -4.31. The first-order valence-electron chi connectivity index (χ1n) is 9.24. The van der Waals surface area contributed by atoms with E-state index in [2.05, 4.69) is 16.6 Å². The van der Waals surface area contributed by atoms with E-state index in [1.165, 1.54) is 28.9 Å². The van der Waals surface area contributed by atoms with Crippen LogP contribution in [0.15, 0.2) is 68.2 Å². The molecule has 0 aliphatic carbocycles. The lowest BCUT2D eigenvalue weighted by Gasteiger charge is -2.17. The summed E-state index contributed by atoms with van der Waals surface area (Å²) >= 11 is 7.73. The number of anilines is 1. The van der Waals surface area contributed by atoms with Gasteiger partial charge in [0.1, 0.15) is 0 Å². The highest BCUT2D eigenvalue weighted by Crippen LogP contribution is 2.46. The van der Waals surface area contributed by atoms with Crippen molar-refractivity contribution in [3.8, 4) is 5.69 Å². The van der Waals surface area contributed by atoms with E-state index < -0.39 is 10.1 Å². The standard InChI is InChI=1S/C21H18ClN3O4S2/c1-3-24-18-12-14(22)4-10-19(18)30-20(24)11-9-17-13(2)23-25(21(17)26)15-5-7-16(8-6-15)31(27,28)29/h4-12,23H,2-3H2,1H3,(H,27,28,29)/b17-9-,20-11-. The summed E-state index contributed by atoms with van der Waals surface area (Å²) in [6.07, 6.45) is 3.58. The van der Waals surface area contributed by atoms with E-state index in [-0.39, 0.29) is 10.5 Å². The van der Waals surface area contributed by atoms with Crippen molar-refractivity contribution >= 4 is 51.8 Å². The van der Waals surface area contributed by atoms with Gasteiger partial charge < -0.3 is 4.90 Å². The molecule has 0 spiro atoms. The van der Waals surface area contributed by atoms with Gasteiger partial charge in [0, 0.05) is 16.5 Å². The molecule has 3 aromatic rings. The average molecular weight is 476 g/mol. The Kier molecular flexibility index (Phi) is 5.61. The van der Waals surface area contributed by atoms with Crippen molar-refractivity contribution < 1.29 is 13.0 Å². The third-order valence-corrected chi connectivity index (χ3v) is 7.03. The van der Waals surface area contributed by atoms with E-state index in [1.807, 2.05) is 31.2 Å². The van der Waals surface area contributed by atoms with Gasteiger partial charge in [0.2, 0.25) is 0 Å². The molecule has 0 saturated heterocycles. The number of rotatable bonds is 4. The third-order valence-electron chi connectivity index (χ3n) is 4.80. The molecular formula is C21H18ClN3O4S2. The highest BCUT2D eigenvalue weighted by Gasteiger charge is 2.23. The zero-order valence-corrected chi connectivity index (χ0v) is 18.8. The molecule has 0 fully saturated rings. The van der Waals surface area contributed by atoms with Gasteiger partial charge in [-0.05, 0) is 61.5 Å². The molecule has 1 aliphatic rings. The fourth-order valence-electron chi connectivity index (χ4n) is 3.30. The smallest absolute Gasteiger partial charge is 0.294 e. The molecule has 1 aromatic heterocycles. The number of H-pyrrole nitrogens is 1. The third kappa shape index (κ3) is 4.09. The summed E-state index contributed by atoms with van der Waals surface area (Å²) in [5, 5.41) is 5.33. The lowest BCUT2D eigenvalue weighted by molar-refractivity contribution is 0.483. The number of fused-ring (bicyclic) bond motifs is 1. The molecule has 7 nitrogen and oxygen atoms in total. The van der Waals surface area contributed by atoms with Crippen molar-refractivity contribution in [1.82, 2.24) is 9.78 Å². The van der Waals surface area contributed by atoms with Crippen molar-refractivity contribution in [2.24, 2.45) is 0 Å². The van der Waals surface area contributed by atoms with E-state index in [1.54, 1.807) is 17.8 Å². The first-order valence-corrected chi connectivity index (χ1v) is 11.9. The zero-order chi connectivity index (χ0) is 22.3. The van der Waals surface area contributed by atoms with E-state index in [9.17, 15) is 13.2 Å². The summed E-state index contributed by atoms with van der Waals surface area (Å²) in [6, 6.07) is 11.0. The molecule has 2 heterocycles. The summed E-state index contributed by atoms with van der Waals surface area (Å²) in [6.45, 7) is 6.69. The van der Waals surface area contributed by atoms with Crippen LogP contribution in [0.5, 0.6) is 0 Å². The van der Waals surface area contributed by atoms with Crippen LogP contribution in [0.1, 0.15) is 6.92 Å². The second-order valence-corrected chi connectivity index (χ2v) is 9.66. The van der Waals surface area contributed by atoms with Crippen LogP contribution in [0.25, 0.3) is 18.3 Å². The Morgan fingerprint density at radius 3 is 2.55 bits per heavy atom. The van der Waals surface area contributed by atoms with Gasteiger partial charge >= 0.3 is 0 Å². The molecule has 0 amide bonds. The van der Waals surface area contributed by atoms with E-state index in [0.29, 0.717) is 21.3 Å². The van der Waals surface area contributed by atoms with Crippen molar-refractivity contribution in [2.75, 3.05) is 11.4 Å². The van der Waals surface area contributed by atoms with Crippen LogP contribution in [0, 0.1) is 0 Å².